The first-order valence-electron chi connectivity index (χ1n) is 8.62. The molecule has 6 nitrogen and oxygen atoms in total. The molecule has 0 aliphatic heterocycles. The van der Waals surface area contributed by atoms with Gasteiger partial charge in [-0.1, -0.05) is 17.7 Å². The van der Waals surface area contributed by atoms with Crippen LogP contribution in [0.1, 0.15) is 22.3 Å². The second-order valence-electron chi connectivity index (χ2n) is 6.58. The summed E-state index contributed by atoms with van der Waals surface area (Å²) in [5.41, 5.74) is 4.50. The van der Waals surface area contributed by atoms with Crippen molar-refractivity contribution in [3.63, 3.8) is 0 Å². The summed E-state index contributed by atoms with van der Waals surface area (Å²) in [4.78, 5) is 4.47. The SMILES string of the molecule is Cc1cc(C)c(S(=O)(=O)Nc2ccc(Nc3ccc(C#N)cc3)cn2)c(C)c1. The summed E-state index contributed by atoms with van der Waals surface area (Å²) in [6.07, 6.45) is 1.55. The van der Waals surface area contributed by atoms with E-state index in [-0.39, 0.29) is 10.7 Å². The number of aryl methyl sites for hydroxylation is 3. The van der Waals surface area contributed by atoms with E-state index in [1.165, 1.54) is 0 Å². The molecular formula is C21H20N4O2S. The molecule has 0 aliphatic carbocycles. The van der Waals surface area contributed by atoms with Gasteiger partial charge in [0.2, 0.25) is 0 Å². The Morgan fingerprint density at radius 3 is 2.07 bits per heavy atom. The van der Waals surface area contributed by atoms with Crippen LogP contribution in [0.4, 0.5) is 17.2 Å². The Morgan fingerprint density at radius 2 is 1.54 bits per heavy atom. The van der Waals surface area contributed by atoms with Crippen molar-refractivity contribution >= 4 is 27.2 Å². The van der Waals surface area contributed by atoms with E-state index < -0.39 is 10.0 Å². The van der Waals surface area contributed by atoms with Crippen LogP contribution in [0.15, 0.2) is 59.6 Å². The number of hydrogen-bond acceptors (Lipinski definition) is 5. The molecule has 3 rings (SSSR count). The molecule has 142 valence electrons. The van der Waals surface area contributed by atoms with Crippen LogP contribution in [-0.4, -0.2) is 13.4 Å². The van der Waals surface area contributed by atoms with Gasteiger partial charge in [-0.25, -0.2) is 13.4 Å². The summed E-state index contributed by atoms with van der Waals surface area (Å²) in [6, 6.07) is 16.1. The van der Waals surface area contributed by atoms with Crippen LogP contribution in [0.3, 0.4) is 0 Å². The number of benzene rings is 2. The fourth-order valence-electron chi connectivity index (χ4n) is 3.10. The van der Waals surface area contributed by atoms with E-state index >= 15 is 0 Å². The van der Waals surface area contributed by atoms with Gasteiger partial charge in [-0.2, -0.15) is 5.26 Å². The third-order valence-corrected chi connectivity index (χ3v) is 5.84. The maximum atomic E-state index is 12.8. The zero-order valence-electron chi connectivity index (χ0n) is 15.8. The third kappa shape index (κ3) is 4.30. The Kier molecular flexibility index (Phi) is 5.34. The van der Waals surface area contributed by atoms with Crippen molar-refractivity contribution in [2.45, 2.75) is 25.7 Å². The second-order valence-corrected chi connectivity index (χ2v) is 8.20. The maximum absolute atomic E-state index is 12.8. The molecule has 0 bridgehead atoms. The average Bonchev–Trinajstić information content (AvgIpc) is 2.62. The number of hydrogen-bond donors (Lipinski definition) is 2. The molecule has 2 aromatic carbocycles. The first-order chi connectivity index (χ1) is 13.3. The van der Waals surface area contributed by atoms with Crippen LogP contribution >= 0.6 is 0 Å². The van der Waals surface area contributed by atoms with Crippen molar-refractivity contribution in [2.75, 3.05) is 10.0 Å². The molecule has 0 radical (unpaired) electrons. The first kappa shape index (κ1) is 19.4. The zero-order chi connectivity index (χ0) is 20.3. The number of nitriles is 1. The molecule has 0 saturated carbocycles. The fraction of sp³-hybridized carbons (Fsp3) is 0.143. The third-order valence-electron chi connectivity index (χ3n) is 4.18. The van der Waals surface area contributed by atoms with Gasteiger partial charge in [0, 0.05) is 5.69 Å². The van der Waals surface area contributed by atoms with Crippen molar-refractivity contribution < 1.29 is 8.42 Å². The molecule has 1 heterocycles. The highest BCUT2D eigenvalue weighted by atomic mass is 32.2. The van der Waals surface area contributed by atoms with Crippen molar-refractivity contribution in [3.05, 3.63) is 77.0 Å². The smallest absolute Gasteiger partial charge is 0.263 e. The lowest BCUT2D eigenvalue weighted by Crippen LogP contribution is -2.16. The first-order valence-corrected chi connectivity index (χ1v) is 10.1. The highest BCUT2D eigenvalue weighted by molar-refractivity contribution is 7.92. The zero-order valence-corrected chi connectivity index (χ0v) is 16.6. The fourth-order valence-corrected chi connectivity index (χ4v) is 4.57. The number of rotatable bonds is 5. The molecule has 0 fully saturated rings. The molecular weight excluding hydrogens is 372 g/mol. The standard InChI is InChI=1S/C21H20N4O2S/c1-14-10-15(2)21(16(3)11-14)28(26,27)25-20-9-8-19(13-23-20)24-18-6-4-17(12-22)5-7-18/h4-11,13,24H,1-3H3,(H,23,25). The summed E-state index contributed by atoms with van der Waals surface area (Å²) < 4.78 is 28.1. The number of nitrogens with one attached hydrogen (secondary N) is 2. The lowest BCUT2D eigenvalue weighted by molar-refractivity contribution is 0.600. The number of nitrogens with zero attached hydrogens (tertiary/aromatic N) is 2. The minimum Gasteiger partial charge on any atom is -0.354 e. The molecule has 0 atom stereocenters. The highest BCUT2D eigenvalue weighted by Gasteiger charge is 2.20. The lowest BCUT2D eigenvalue weighted by Gasteiger charge is -2.14. The largest absolute Gasteiger partial charge is 0.354 e. The maximum Gasteiger partial charge on any atom is 0.263 e. The minimum atomic E-state index is -3.73. The molecule has 28 heavy (non-hydrogen) atoms. The molecule has 3 aromatic rings. The Bertz CT molecular complexity index is 1120. The van der Waals surface area contributed by atoms with E-state index in [4.69, 9.17) is 5.26 Å². The topological polar surface area (TPSA) is 94.9 Å². The van der Waals surface area contributed by atoms with Gasteiger partial charge in [-0.15, -0.1) is 0 Å². The van der Waals surface area contributed by atoms with E-state index in [1.54, 1.807) is 56.4 Å². The number of anilines is 3. The predicted octanol–water partition coefficient (Wildman–Crippen LogP) is 4.42. The van der Waals surface area contributed by atoms with Crippen LogP contribution in [0.2, 0.25) is 0 Å². The minimum absolute atomic E-state index is 0.241. The van der Waals surface area contributed by atoms with E-state index in [0.29, 0.717) is 22.4 Å². The molecule has 0 spiro atoms. The Labute approximate surface area is 164 Å². The molecule has 0 unspecified atom stereocenters. The van der Waals surface area contributed by atoms with Crippen LogP contribution in [0.25, 0.3) is 0 Å². The van der Waals surface area contributed by atoms with Crippen LogP contribution < -0.4 is 10.0 Å². The van der Waals surface area contributed by atoms with Crippen molar-refractivity contribution in [2.24, 2.45) is 0 Å². The van der Waals surface area contributed by atoms with Gasteiger partial charge in [0.15, 0.2) is 0 Å². The summed E-state index contributed by atoms with van der Waals surface area (Å²) in [5.74, 6) is 0.241. The van der Waals surface area contributed by atoms with Crippen LogP contribution in [0.5, 0.6) is 0 Å². The number of pyridine rings is 1. The molecule has 1 aromatic heterocycles. The van der Waals surface area contributed by atoms with Crippen LogP contribution in [0, 0.1) is 32.1 Å². The Balaban J connectivity index is 1.77. The van der Waals surface area contributed by atoms with E-state index in [9.17, 15) is 8.42 Å². The molecule has 0 amide bonds. The van der Waals surface area contributed by atoms with Gasteiger partial charge in [0.05, 0.1) is 28.4 Å². The second kappa shape index (κ2) is 7.71. The summed E-state index contributed by atoms with van der Waals surface area (Å²) in [7, 11) is -3.73. The van der Waals surface area contributed by atoms with Gasteiger partial charge in [-0.05, 0) is 68.3 Å². The van der Waals surface area contributed by atoms with Gasteiger partial charge in [0.1, 0.15) is 5.82 Å². The van der Waals surface area contributed by atoms with Gasteiger partial charge >= 0.3 is 0 Å². The Hall–Kier alpha value is -3.37. The van der Waals surface area contributed by atoms with Gasteiger partial charge in [0.25, 0.3) is 10.0 Å². The predicted molar refractivity (Wildman–Crippen MR) is 110 cm³/mol. The molecule has 2 N–H and O–H groups in total. The lowest BCUT2D eigenvalue weighted by atomic mass is 10.1. The van der Waals surface area contributed by atoms with Gasteiger partial charge < -0.3 is 5.32 Å². The average molecular weight is 392 g/mol. The normalized spacial score (nSPS) is 10.9. The molecule has 0 saturated heterocycles. The quantitative estimate of drug-likeness (QED) is 0.670. The van der Waals surface area contributed by atoms with Crippen molar-refractivity contribution in [1.82, 2.24) is 4.98 Å². The molecule has 0 aliphatic rings. The molecule has 7 heteroatoms. The Morgan fingerprint density at radius 1 is 0.929 bits per heavy atom. The van der Waals surface area contributed by atoms with Crippen molar-refractivity contribution in [3.8, 4) is 6.07 Å². The summed E-state index contributed by atoms with van der Waals surface area (Å²) in [5, 5.41) is 12.0. The van der Waals surface area contributed by atoms with E-state index in [2.05, 4.69) is 21.1 Å². The monoisotopic (exact) mass is 392 g/mol. The van der Waals surface area contributed by atoms with Crippen LogP contribution in [-0.2, 0) is 10.0 Å². The van der Waals surface area contributed by atoms with E-state index in [1.807, 2.05) is 19.1 Å². The van der Waals surface area contributed by atoms with E-state index in [0.717, 1.165) is 11.3 Å². The van der Waals surface area contributed by atoms with Gasteiger partial charge in [-0.3, -0.25) is 4.72 Å². The number of aromatic nitrogens is 1. The van der Waals surface area contributed by atoms with Crippen molar-refractivity contribution in [1.29, 1.82) is 5.26 Å². The summed E-state index contributed by atoms with van der Waals surface area (Å²) >= 11 is 0. The number of sulfonamides is 1. The summed E-state index contributed by atoms with van der Waals surface area (Å²) in [6.45, 7) is 5.50. The highest BCUT2D eigenvalue weighted by Crippen LogP contribution is 2.24.